The molecule has 1 fully saturated rings. The number of anilines is 1. The summed E-state index contributed by atoms with van der Waals surface area (Å²) in [5.41, 5.74) is 2.33. The molecule has 0 radical (unpaired) electrons. The summed E-state index contributed by atoms with van der Waals surface area (Å²) in [6, 6.07) is 17.2. The maximum atomic E-state index is 11.2. The van der Waals surface area contributed by atoms with Gasteiger partial charge in [-0.25, -0.2) is 0 Å². The summed E-state index contributed by atoms with van der Waals surface area (Å²) in [5.74, 6) is 0. The van der Waals surface area contributed by atoms with Crippen LogP contribution in [0.5, 0.6) is 0 Å². The number of β-amino-alcohol motifs (C(OH)–C–C–N with tert-alkyl or cyclic N) is 1. The average molecular weight is 492 g/mol. The van der Waals surface area contributed by atoms with Gasteiger partial charge in [-0.1, -0.05) is 46.9 Å². The first kappa shape index (κ1) is 23.3. The normalized spacial score (nSPS) is 19.1. The third kappa shape index (κ3) is 5.19. The van der Waals surface area contributed by atoms with Gasteiger partial charge in [0, 0.05) is 36.2 Å². The van der Waals surface area contributed by atoms with E-state index < -0.39 is 5.60 Å². The third-order valence-corrected chi connectivity index (χ3v) is 6.61. The van der Waals surface area contributed by atoms with Gasteiger partial charge >= 0.3 is 0 Å². The Morgan fingerprint density at radius 1 is 0.969 bits per heavy atom. The van der Waals surface area contributed by atoms with Gasteiger partial charge in [-0.15, -0.1) is 0 Å². The van der Waals surface area contributed by atoms with E-state index in [2.05, 4.69) is 20.0 Å². The Morgan fingerprint density at radius 2 is 1.69 bits per heavy atom. The quantitative estimate of drug-likeness (QED) is 0.509. The Balaban J connectivity index is 1.61. The lowest BCUT2D eigenvalue weighted by atomic mass is 9.97. The zero-order valence-corrected chi connectivity index (χ0v) is 20.2. The molecule has 1 aliphatic rings. The van der Waals surface area contributed by atoms with E-state index in [-0.39, 0.29) is 6.04 Å². The molecule has 4 rings (SSSR count). The zero-order valence-electron chi connectivity index (χ0n) is 18.0. The highest BCUT2D eigenvalue weighted by Crippen LogP contribution is 2.37. The SMILES string of the molecule is Cc1ccc([C@](C)(O)CN2CCN(c3ccc(Cl)cc3Cl)[C@H](c3ccc(Cl)cc3)C2)nn1. The molecule has 2 aromatic carbocycles. The Kier molecular flexibility index (Phi) is 6.94. The fourth-order valence-electron chi connectivity index (χ4n) is 4.16. The highest BCUT2D eigenvalue weighted by atomic mass is 35.5. The summed E-state index contributed by atoms with van der Waals surface area (Å²) >= 11 is 18.8. The maximum Gasteiger partial charge on any atom is 0.118 e. The summed E-state index contributed by atoms with van der Waals surface area (Å²) in [6.45, 7) is 6.31. The van der Waals surface area contributed by atoms with Gasteiger partial charge < -0.3 is 10.0 Å². The standard InChI is InChI=1S/C24H25Cl3N4O/c1-16-3-10-23(29-28-16)24(2,32)15-30-11-12-31(21-9-8-19(26)13-20(21)27)22(14-30)17-4-6-18(25)7-5-17/h3-10,13,22,32H,11-12,14-15H2,1-2H3/t22-,24+/m0/s1. The molecule has 5 nitrogen and oxygen atoms in total. The number of piperazine rings is 1. The molecule has 0 amide bonds. The Labute approximate surface area is 203 Å². The molecule has 3 aromatic rings. The van der Waals surface area contributed by atoms with E-state index in [4.69, 9.17) is 34.8 Å². The van der Waals surface area contributed by atoms with E-state index >= 15 is 0 Å². The lowest BCUT2D eigenvalue weighted by Gasteiger charge is -2.45. The molecule has 0 unspecified atom stereocenters. The molecule has 168 valence electrons. The second-order valence-corrected chi connectivity index (χ2v) is 9.71. The molecular weight excluding hydrogens is 467 g/mol. The van der Waals surface area contributed by atoms with Crippen LogP contribution in [0.15, 0.2) is 54.6 Å². The van der Waals surface area contributed by atoms with Crippen molar-refractivity contribution in [2.75, 3.05) is 31.1 Å². The van der Waals surface area contributed by atoms with Gasteiger partial charge in [0.2, 0.25) is 0 Å². The summed E-state index contributed by atoms with van der Waals surface area (Å²) in [7, 11) is 0. The number of halogens is 3. The van der Waals surface area contributed by atoms with Crippen LogP contribution in [-0.4, -0.2) is 46.4 Å². The molecule has 0 spiro atoms. The summed E-state index contributed by atoms with van der Waals surface area (Å²) in [6.07, 6.45) is 0. The first-order chi connectivity index (χ1) is 15.2. The molecule has 0 saturated carbocycles. The summed E-state index contributed by atoms with van der Waals surface area (Å²) in [5, 5.41) is 21.4. The van der Waals surface area contributed by atoms with Crippen LogP contribution >= 0.6 is 34.8 Å². The second-order valence-electron chi connectivity index (χ2n) is 8.43. The molecule has 8 heteroatoms. The molecule has 1 N–H and O–H groups in total. The van der Waals surface area contributed by atoms with Gasteiger partial charge in [-0.3, -0.25) is 4.90 Å². The first-order valence-electron chi connectivity index (χ1n) is 10.5. The number of hydrogen-bond donors (Lipinski definition) is 1. The molecule has 2 heterocycles. The van der Waals surface area contributed by atoms with Crippen molar-refractivity contribution < 1.29 is 5.11 Å². The van der Waals surface area contributed by atoms with E-state index in [0.29, 0.717) is 33.9 Å². The van der Waals surface area contributed by atoms with Crippen LogP contribution in [0.3, 0.4) is 0 Å². The van der Waals surface area contributed by atoms with E-state index in [1.165, 1.54) is 0 Å². The van der Waals surface area contributed by atoms with E-state index in [0.717, 1.165) is 30.0 Å². The number of rotatable bonds is 5. The number of nitrogens with zero attached hydrogens (tertiary/aromatic N) is 4. The zero-order chi connectivity index (χ0) is 22.9. The van der Waals surface area contributed by atoms with Gasteiger partial charge in [0.15, 0.2) is 0 Å². The maximum absolute atomic E-state index is 11.2. The van der Waals surface area contributed by atoms with Crippen molar-refractivity contribution in [1.82, 2.24) is 15.1 Å². The smallest absolute Gasteiger partial charge is 0.118 e. The molecule has 2 atom stereocenters. The molecule has 1 aliphatic heterocycles. The van der Waals surface area contributed by atoms with E-state index in [1.54, 1.807) is 13.0 Å². The minimum Gasteiger partial charge on any atom is -0.382 e. The molecule has 0 bridgehead atoms. The van der Waals surface area contributed by atoms with Crippen LogP contribution in [0.1, 0.15) is 29.9 Å². The van der Waals surface area contributed by atoms with Crippen molar-refractivity contribution >= 4 is 40.5 Å². The van der Waals surface area contributed by atoms with Crippen molar-refractivity contribution in [1.29, 1.82) is 0 Å². The van der Waals surface area contributed by atoms with Crippen molar-refractivity contribution in [3.8, 4) is 0 Å². The minimum atomic E-state index is -1.12. The van der Waals surface area contributed by atoms with Crippen LogP contribution in [0.25, 0.3) is 0 Å². The molecule has 1 saturated heterocycles. The lowest BCUT2D eigenvalue weighted by molar-refractivity contribution is 0.00604. The first-order valence-corrected chi connectivity index (χ1v) is 11.6. The van der Waals surface area contributed by atoms with Gasteiger partial charge in [-0.2, -0.15) is 10.2 Å². The molecule has 32 heavy (non-hydrogen) atoms. The van der Waals surface area contributed by atoms with Gasteiger partial charge in [-0.05, 0) is 61.9 Å². The van der Waals surface area contributed by atoms with Gasteiger partial charge in [0.05, 0.1) is 28.1 Å². The number of aromatic nitrogens is 2. The fourth-order valence-corrected chi connectivity index (χ4v) is 4.80. The van der Waals surface area contributed by atoms with Crippen LogP contribution < -0.4 is 4.90 Å². The second kappa shape index (κ2) is 9.54. The van der Waals surface area contributed by atoms with Gasteiger partial charge in [0.1, 0.15) is 5.60 Å². The number of benzene rings is 2. The molecule has 0 aliphatic carbocycles. The van der Waals surface area contributed by atoms with Crippen molar-refractivity contribution in [2.24, 2.45) is 0 Å². The molecule has 1 aromatic heterocycles. The van der Waals surface area contributed by atoms with E-state index in [1.807, 2.05) is 55.5 Å². The van der Waals surface area contributed by atoms with E-state index in [9.17, 15) is 5.11 Å². The van der Waals surface area contributed by atoms with Crippen LogP contribution in [0.2, 0.25) is 15.1 Å². The highest BCUT2D eigenvalue weighted by molar-refractivity contribution is 6.36. The Morgan fingerprint density at radius 3 is 2.34 bits per heavy atom. The monoisotopic (exact) mass is 490 g/mol. The predicted octanol–water partition coefficient (Wildman–Crippen LogP) is 5.52. The third-order valence-electron chi connectivity index (χ3n) is 5.82. The highest BCUT2D eigenvalue weighted by Gasteiger charge is 2.34. The Hall–Kier alpha value is -1.89. The number of aryl methyl sites for hydroxylation is 1. The van der Waals surface area contributed by atoms with Crippen molar-refractivity contribution in [3.63, 3.8) is 0 Å². The summed E-state index contributed by atoms with van der Waals surface area (Å²) < 4.78 is 0. The molecular formula is C24H25Cl3N4O. The average Bonchev–Trinajstić information content (AvgIpc) is 2.75. The topological polar surface area (TPSA) is 52.5 Å². The largest absolute Gasteiger partial charge is 0.382 e. The summed E-state index contributed by atoms with van der Waals surface area (Å²) in [4.78, 5) is 4.54. The Bertz CT molecular complexity index is 1070. The minimum absolute atomic E-state index is 0.0274. The number of hydrogen-bond acceptors (Lipinski definition) is 5. The predicted molar refractivity (Wildman–Crippen MR) is 131 cm³/mol. The number of aliphatic hydroxyl groups is 1. The van der Waals surface area contributed by atoms with Crippen LogP contribution in [-0.2, 0) is 5.60 Å². The van der Waals surface area contributed by atoms with Crippen molar-refractivity contribution in [2.45, 2.75) is 25.5 Å². The van der Waals surface area contributed by atoms with Crippen LogP contribution in [0, 0.1) is 6.92 Å². The van der Waals surface area contributed by atoms with Crippen molar-refractivity contribution in [3.05, 3.63) is 86.6 Å². The fraction of sp³-hybridized carbons (Fsp3) is 0.333. The van der Waals surface area contributed by atoms with Crippen LogP contribution in [0.4, 0.5) is 5.69 Å². The lowest BCUT2D eigenvalue weighted by Crippen LogP contribution is -2.52. The van der Waals surface area contributed by atoms with Gasteiger partial charge in [0.25, 0.3) is 0 Å².